The van der Waals surface area contributed by atoms with E-state index in [2.05, 4.69) is 74.5 Å². The van der Waals surface area contributed by atoms with Gasteiger partial charge in [-0.3, -0.25) is 0 Å². The first-order valence-corrected chi connectivity index (χ1v) is 7.69. The Morgan fingerprint density at radius 1 is 1.25 bits per heavy atom. The van der Waals surface area contributed by atoms with Gasteiger partial charge in [-0.2, -0.15) is 0 Å². The number of benzene rings is 1. The maximum absolute atomic E-state index is 3.77. The molecular formula is C13H12Br2S. The number of rotatable bonds is 3. The molecule has 0 saturated carbocycles. The summed E-state index contributed by atoms with van der Waals surface area (Å²) in [5, 5.41) is 2.12. The van der Waals surface area contributed by atoms with E-state index in [0.29, 0.717) is 4.83 Å². The quantitative estimate of drug-likeness (QED) is 0.635. The van der Waals surface area contributed by atoms with Gasteiger partial charge in [0, 0.05) is 9.35 Å². The van der Waals surface area contributed by atoms with E-state index in [4.69, 9.17) is 0 Å². The molecule has 3 heteroatoms. The van der Waals surface area contributed by atoms with Crippen LogP contribution < -0.4 is 0 Å². The molecule has 0 nitrogen and oxygen atoms in total. The molecule has 1 unspecified atom stereocenters. The van der Waals surface area contributed by atoms with Crippen molar-refractivity contribution in [3.8, 4) is 0 Å². The minimum Gasteiger partial charge on any atom is -0.147 e. The van der Waals surface area contributed by atoms with E-state index in [1.165, 1.54) is 20.5 Å². The molecule has 1 heterocycles. The molecule has 1 atom stereocenters. The fraction of sp³-hybridized carbons (Fsp3) is 0.231. The van der Waals surface area contributed by atoms with Crippen molar-refractivity contribution in [2.45, 2.75) is 18.2 Å². The highest BCUT2D eigenvalue weighted by molar-refractivity contribution is 9.11. The van der Waals surface area contributed by atoms with Crippen molar-refractivity contribution in [2.24, 2.45) is 0 Å². The summed E-state index contributed by atoms with van der Waals surface area (Å²) >= 11 is 9.14. The Labute approximate surface area is 117 Å². The van der Waals surface area contributed by atoms with Crippen molar-refractivity contribution in [2.75, 3.05) is 0 Å². The maximum Gasteiger partial charge on any atom is 0.0540 e. The van der Waals surface area contributed by atoms with Crippen LogP contribution in [-0.4, -0.2) is 0 Å². The van der Waals surface area contributed by atoms with Crippen LogP contribution in [0, 0.1) is 6.92 Å². The molecule has 0 fully saturated rings. The average molecular weight is 360 g/mol. The van der Waals surface area contributed by atoms with E-state index >= 15 is 0 Å². The SMILES string of the molecule is Cc1ccccc1CC(Br)c1sccc1Br. The molecule has 0 saturated heterocycles. The minimum atomic E-state index is 0.392. The molecule has 0 spiro atoms. The number of hydrogen-bond donors (Lipinski definition) is 0. The lowest BCUT2D eigenvalue weighted by Crippen LogP contribution is -1.95. The predicted octanol–water partition coefficient (Wildman–Crippen LogP) is 5.50. The van der Waals surface area contributed by atoms with Gasteiger partial charge in [0.15, 0.2) is 0 Å². The summed E-state index contributed by atoms with van der Waals surface area (Å²) in [6.07, 6.45) is 1.03. The van der Waals surface area contributed by atoms with Gasteiger partial charge in [0.25, 0.3) is 0 Å². The highest BCUT2D eigenvalue weighted by Crippen LogP contribution is 2.36. The first kappa shape index (κ1) is 12.3. The second-order valence-electron chi connectivity index (χ2n) is 3.73. The maximum atomic E-state index is 3.77. The Kier molecular flexibility index (Phi) is 4.22. The summed E-state index contributed by atoms with van der Waals surface area (Å²) in [5.41, 5.74) is 2.77. The van der Waals surface area contributed by atoms with Gasteiger partial charge < -0.3 is 0 Å². The molecule has 0 radical (unpaired) electrons. The van der Waals surface area contributed by atoms with Crippen LogP contribution in [0.2, 0.25) is 0 Å². The Hall–Kier alpha value is -0.120. The van der Waals surface area contributed by atoms with Gasteiger partial charge in [-0.05, 0) is 51.8 Å². The van der Waals surface area contributed by atoms with Crippen LogP contribution in [0.15, 0.2) is 40.2 Å². The van der Waals surface area contributed by atoms with Crippen molar-refractivity contribution in [3.63, 3.8) is 0 Å². The molecule has 0 aliphatic rings. The normalized spacial score (nSPS) is 12.7. The van der Waals surface area contributed by atoms with Gasteiger partial charge >= 0.3 is 0 Å². The molecule has 0 aliphatic carbocycles. The molecule has 0 amide bonds. The third-order valence-electron chi connectivity index (χ3n) is 2.59. The van der Waals surface area contributed by atoms with Gasteiger partial charge in [0.1, 0.15) is 0 Å². The minimum absolute atomic E-state index is 0.392. The molecule has 0 bridgehead atoms. The van der Waals surface area contributed by atoms with E-state index in [9.17, 15) is 0 Å². The lowest BCUT2D eigenvalue weighted by atomic mass is 10.0. The third kappa shape index (κ3) is 2.76. The molecular weight excluding hydrogens is 348 g/mol. The number of aryl methyl sites for hydroxylation is 1. The molecule has 16 heavy (non-hydrogen) atoms. The van der Waals surface area contributed by atoms with Crippen LogP contribution in [0.1, 0.15) is 20.8 Å². The highest BCUT2D eigenvalue weighted by Gasteiger charge is 2.13. The fourth-order valence-electron chi connectivity index (χ4n) is 1.65. The van der Waals surface area contributed by atoms with Crippen LogP contribution >= 0.6 is 43.2 Å². The van der Waals surface area contributed by atoms with Crippen molar-refractivity contribution < 1.29 is 0 Å². The van der Waals surface area contributed by atoms with Gasteiger partial charge in [0.05, 0.1) is 4.83 Å². The van der Waals surface area contributed by atoms with Crippen molar-refractivity contribution in [3.05, 3.63) is 56.2 Å². The summed E-state index contributed by atoms with van der Waals surface area (Å²) in [5.74, 6) is 0. The summed E-state index contributed by atoms with van der Waals surface area (Å²) in [4.78, 5) is 1.76. The summed E-state index contributed by atoms with van der Waals surface area (Å²) in [6.45, 7) is 2.17. The van der Waals surface area contributed by atoms with E-state index < -0.39 is 0 Å². The Morgan fingerprint density at radius 2 is 2.00 bits per heavy atom. The zero-order valence-corrected chi connectivity index (χ0v) is 12.9. The van der Waals surface area contributed by atoms with Crippen LogP contribution in [0.3, 0.4) is 0 Å². The molecule has 2 rings (SSSR count). The Morgan fingerprint density at radius 3 is 2.62 bits per heavy atom. The molecule has 0 N–H and O–H groups in total. The first-order chi connectivity index (χ1) is 7.68. The lowest BCUT2D eigenvalue weighted by Gasteiger charge is -2.10. The van der Waals surface area contributed by atoms with Crippen molar-refractivity contribution in [1.29, 1.82) is 0 Å². The zero-order chi connectivity index (χ0) is 11.5. The van der Waals surface area contributed by atoms with Gasteiger partial charge in [-0.15, -0.1) is 11.3 Å². The number of alkyl halides is 1. The van der Waals surface area contributed by atoms with Crippen LogP contribution in [0.4, 0.5) is 0 Å². The monoisotopic (exact) mass is 358 g/mol. The second kappa shape index (κ2) is 5.48. The Balaban J connectivity index is 2.17. The van der Waals surface area contributed by atoms with Crippen molar-refractivity contribution >= 4 is 43.2 Å². The Bertz CT molecular complexity index is 476. The summed E-state index contributed by atoms with van der Waals surface area (Å²) in [7, 11) is 0. The third-order valence-corrected chi connectivity index (χ3v) is 5.66. The van der Waals surface area contributed by atoms with E-state index in [0.717, 1.165) is 6.42 Å². The molecule has 2 aromatic rings. The van der Waals surface area contributed by atoms with E-state index in [1.807, 2.05) is 0 Å². The van der Waals surface area contributed by atoms with Crippen LogP contribution in [0.25, 0.3) is 0 Å². The number of halogens is 2. The molecule has 0 aliphatic heterocycles. The zero-order valence-electron chi connectivity index (χ0n) is 8.91. The largest absolute Gasteiger partial charge is 0.147 e. The second-order valence-corrected chi connectivity index (χ2v) is 6.64. The molecule has 84 valence electrons. The number of thiophene rings is 1. The topological polar surface area (TPSA) is 0 Å². The highest BCUT2D eigenvalue weighted by atomic mass is 79.9. The lowest BCUT2D eigenvalue weighted by molar-refractivity contribution is 0.953. The van der Waals surface area contributed by atoms with Gasteiger partial charge in [0.2, 0.25) is 0 Å². The first-order valence-electron chi connectivity index (χ1n) is 5.10. The molecule has 1 aromatic carbocycles. The molecule has 1 aromatic heterocycles. The smallest absolute Gasteiger partial charge is 0.0540 e. The van der Waals surface area contributed by atoms with E-state index in [1.54, 1.807) is 11.3 Å². The summed E-state index contributed by atoms with van der Waals surface area (Å²) in [6, 6.07) is 10.7. The van der Waals surface area contributed by atoms with Gasteiger partial charge in [-0.1, -0.05) is 40.2 Å². The fourth-order valence-corrected chi connectivity index (χ4v) is 4.51. The average Bonchev–Trinajstić information content (AvgIpc) is 2.68. The standard InChI is InChI=1S/C13H12Br2S/c1-9-4-2-3-5-10(9)8-12(15)13-11(14)6-7-16-13/h2-7,12H,8H2,1H3. The number of hydrogen-bond acceptors (Lipinski definition) is 1. The van der Waals surface area contributed by atoms with Crippen LogP contribution in [0.5, 0.6) is 0 Å². The predicted molar refractivity (Wildman–Crippen MR) is 78.6 cm³/mol. The van der Waals surface area contributed by atoms with Gasteiger partial charge in [-0.25, -0.2) is 0 Å². The van der Waals surface area contributed by atoms with E-state index in [-0.39, 0.29) is 0 Å². The summed E-state index contributed by atoms with van der Waals surface area (Å²) < 4.78 is 1.20. The van der Waals surface area contributed by atoms with Crippen molar-refractivity contribution in [1.82, 2.24) is 0 Å². The van der Waals surface area contributed by atoms with Crippen LogP contribution in [-0.2, 0) is 6.42 Å².